The second-order valence-electron chi connectivity index (χ2n) is 9.76. The predicted octanol–water partition coefficient (Wildman–Crippen LogP) is 7.18. The van der Waals surface area contributed by atoms with Gasteiger partial charge in [0.2, 0.25) is 0 Å². The van der Waals surface area contributed by atoms with Gasteiger partial charge in [-0.2, -0.15) is 5.10 Å². The SMILES string of the molecule is Cc1c(Cl)cccc1NCc1nn2c(C(=S)NCc3ccccc3)c(-c3ccccc3)c3c2n1CCCC3. The second kappa shape index (κ2) is 10.6. The van der Waals surface area contributed by atoms with Crippen molar-refractivity contribution in [1.82, 2.24) is 19.5 Å². The van der Waals surface area contributed by atoms with Gasteiger partial charge in [-0.3, -0.25) is 0 Å². The zero-order valence-corrected chi connectivity index (χ0v) is 22.9. The molecule has 192 valence electrons. The van der Waals surface area contributed by atoms with E-state index in [0.717, 1.165) is 59.2 Å². The van der Waals surface area contributed by atoms with Crippen LogP contribution in [0.25, 0.3) is 16.8 Å². The van der Waals surface area contributed by atoms with Gasteiger partial charge in [0.15, 0.2) is 5.82 Å². The van der Waals surface area contributed by atoms with Gasteiger partial charge in [0.1, 0.15) is 16.3 Å². The van der Waals surface area contributed by atoms with Crippen molar-refractivity contribution in [1.29, 1.82) is 0 Å². The number of nitrogens with zero attached hydrogens (tertiary/aromatic N) is 3. The Labute approximate surface area is 233 Å². The van der Waals surface area contributed by atoms with Crippen molar-refractivity contribution >= 4 is 40.1 Å². The van der Waals surface area contributed by atoms with Crippen molar-refractivity contribution < 1.29 is 0 Å². The molecule has 3 aromatic carbocycles. The van der Waals surface area contributed by atoms with Gasteiger partial charge < -0.3 is 15.2 Å². The Bertz CT molecular complexity index is 1600. The first kappa shape index (κ1) is 24.7. The molecule has 0 saturated heterocycles. The Morgan fingerprint density at radius 2 is 1.71 bits per heavy atom. The minimum absolute atomic E-state index is 0.604. The summed E-state index contributed by atoms with van der Waals surface area (Å²) in [6.07, 6.45) is 3.25. The molecule has 0 fully saturated rings. The third-order valence-corrected chi connectivity index (χ3v) is 8.09. The minimum Gasteiger partial charge on any atom is -0.377 e. The summed E-state index contributed by atoms with van der Waals surface area (Å²) >= 11 is 12.4. The van der Waals surface area contributed by atoms with E-state index < -0.39 is 0 Å². The van der Waals surface area contributed by atoms with Crippen LogP contribution in [0.15, 0.2) is 78.9 Å². The van der Waals surface area contributed by atoms with Gasteiger partial charge in [0.05, 0.1) is 6.54 Å². The fraction of sp³-hybridized carbons (Fsp3) is 0.226. The summed E-state index contributed by atoms with van der Waals surface area (Å²) in [5, 5.41) is 13.0. The Morgan fingerprint density at radius 3 is 2.50 bits per heavy atom. The van der Waals surface area contributed by atoms with E-state index in [4.69, 9.17) is 28.9 Å². The molecule has 0 atom stereocenters. The summed E-state index contributed by atoms with van der Waals surface area (Å²) in [4.78, 5) is 0.712. The molecule has 1 aliphatic rings. The van der Waals surface area contributed by atoms with Crippen molar-refractivity contribution in [3.8, 4) is 11.1 Å². The van der Waals surface area contributed by atoms with Crippen LogP contribution < -0.4 is 10.6 Å². The number of hydrogen-bond donors (Lipinski definition) is 2. The number of halogens is 1. The van der Waals surface area contributed by atoms with E-state index in [-0.39, 0.29) is 0 Å². The first-order valence-corrected chi connectivity index (χ1v) is 13.9. The van der Waals surface area contributed by atoms with Crippen LogP contribution in [0.3, 0.4) is 0 Å². The van der Waals surface area contributed by atoms with Crippen LogP contribution in [0.2, 0.25) is 5.02 Å². The van der Waals surface area contributed by atoms with Crippen LogP contribution in [0.5, 0.6) is 0 Å². The summed E-state index contributed by atoms with van der Waals surface area (Å²) in [7, 11) is 0. The summed E-state index contributed by atoms with van der Waals surface area (Å²) in [6.45, 7) is 4.24. The number of hydrogen-bond acceptors (Lipinski definition) is 3. The van der Waals surface area contributed by atoms with Gasteiger partial charge in [0, 0.05) is 34.9 Å². The quantitative estimate of drug-likeness (QED) is 0.215. The van der Waals surface area contributed by atoms with E-state index in [0.29, 0.717) is 18.1 Å². The summed E-state index contributed by atoms with van der Waals surface area (Å²) in [5.74, 6) is 0.995. The van der Waals surface area contributed by atoms with Crippen LogP contribution in [0.4, 0.5) is 5.69 Å². The molecule has 5 aromatic rings. The van der Waals surface area contributed by atoms with Crippen LogP contribution in [-0.2, 0) is 26.1 Å². The largest absolute Gasteiger partial charge is 0.377 e. The Balaban J connectivity index is 1.44. The van der Waals surface area contributed by atoms with Crippen LogP contribution >= 0.6 is 23.8 Å². The van der Waals surface area contributed by atoms with Crippen LogP contribution in [0.1, 0.15) is 41.1 Å². The van der Waals surface area contributed by atoms with Crippen molar-refractivity contribution in [2.75, 3.05) is 5.32 Å². The molecule has 7 heteroatoms. The first-order valence-electron chi connectivity index (χ1n) is 13.1. The number of thiocarbonyl (C=S) groups is 1. The fourth-order valence-electron chi connectivity index (χ4n) is 5.40. The number of benzene rings is 3. The van der Waals surface area contributed by atoms with Gasteiger partial charge in [-0.25, -0.2) is 4.52 Å². The van der Waals surface area contributed by atoms with E-state index in [1.54, 1.807) is 0 Å². The summed E-state index contributed by atoms with van der Waals surface area (Å²) in [5.41, 5.74) is 9.07. The lowest BCUT2D eigenvalue weighted by atomic mass is 9.98. The molecular weight excluding hydrogens is 510 g/mol. The maximum absolute atomic E-state index is 6.37. The molecule has 38 heavy (non-hydrogen) atoms. The molecule has 0 bridgehead atoms. The van der Waals surface area contributed by atoms with E-state index in [2.05, 4.69) is 80.4 Å². The highest BCUT2D eigenvalue weighted by atomic mass is 35.5. The normalized spacial score (nSPS) is 12.9. The Morgan fingerprint density at radius 1 is 0.947 bits per heavy atom. The average molecular weight is 540 g/mol. The first-order chi connectivity index (χ1) is 18.6. The van der Waals surface area contributed by atoms with Crippen molar-refractivity contribution in [2.45, 2.75) is 45.8 Å². The molecule has 6 rings (SSSR count). The maximum atomic E-state index is 6.37. The summed E-state index contributed by atoms with van der Waals surface area (Å²) < 4.78 is 4.47. The van der Waals surface area contributed by atoms with Crippen molar-refractivity contribution in [2.24, 2.45) is 0 Å². The van der Waals surface area contributed by atoms with Crippen molar-refractivity contribution in [3.05, 3.63) is 112 Å². The Kier molecular flexibility index (Phi) is 6.92. The zero-order chi connectivity index (χ0) is 26.1. The highest BCUT2D eigenvalue weighted by Gasteiger charge is 2.28. The van der Waals surface area contributed by atoms with E-state index in [1.807, 2.05) is 25.1 Å². The molecule has 0 saturated carbocycles. The molecule has 0 radical (unpaired) electrons. The number of anilines is 1. The molecule has 2 N–H and O–H groups in total. The Hall–Kier alpha value is -3.61. The number of aromatic nitrogens is 3. The number of nitrogens with one attached hydrogen (secondary N) is 2. The predicted molar refractivity (Wildman–Crippen MR) is 160 cm³/mol. The van der Waals surface area contributed by atoms with E-state index in [1.165, 1.54) is 22.3 Å². The topological polar surface area (TPSA) is 46.3 Å². The number of aryl methyl sites for hydroxylation is 2. The monoisotopic (exact) mass is 539 g/mol. The lowest BCUT2D eigenvalue weighted by Gasteiger charge is -2.12. The number of rotatable bonds is 7. The molecule has 2 aromatic heterocycles. The highest BCUT2D eigenvalue weighted by Crippen LogP contribution is 2.37. The van der Waals surface area contributed by atoms with Gasteiger partial charge >= 0.3 is 0 Å². The molecular formula is C31H30ClN5S. The molecule has 5 nitrogen and oxygen atoms in total. The minimum atomic E-state index is 0.604. The van der Waals surface area contributed by atoms with Crippen molar-refractivity contribution in [3.63, 3.8) is 0 Å². The standard InChI is InChI=1S/C31H30ClN5S/c1-21-25(32)16-10-17-26(21)33-20-27-35-37-29(30(38)34-19-22-11-4-2-5-12-22)28(23-13-6-3-7-14-23)24-15-8-9-18-36(27)31(24)37/h2-7,10-14,16-17,33H,8-9,15,18-20H2,1H3,(H,34,38). The molecule has 1 aliphatic heterocycles. The molecule has 0 spiro atoms. The van der Waals surface area contributed by atoms with E-state index in [9.17, 15) is 0 Å². The second-order valence-corrected chi connectivity index (χ2v) is 10.6. The van der Waals surface area contributed by atoms with Gasteiger partial charge in [0.25, 0.3) is 0 Å². The van der Waals surface area contributed by atoms with Gasteiger partial charge in [-0.15, -0.1) is 0 Å². The lowest BCUT2D eigenvalue weighted by Crippen LogP contribution is -2.24. The van der Waals surface area contributed by atoms with Crippen LogP contribution in [-0.4, -0.2) is 19.2 Å². The fourth-order valence-corrected chi connectivity index (χ4v) is 5.83. The molecule has 3 heterocycles. The van der Waals surface area contributed by atoms with Crippen LogP contribution in [0, 0.1) is 6.92 Å². The third-order valence-electron chi connectivity index (χ3n) is 7.34. The molecule has 0 aliphatic carbocycles. The van der Waals surface area contributed by atoms with Gasteiger partial charge in [-0.1, -0.05) is 90.5 Å². The highest BCUT2D eigenvalue weighted by molar-refractivity contribution is 7.80. The molecule has 0 amide bonds. The maximum Gasteiger partial charge on any atom is 0.150 e. The smallest absolute Gasteiger partial charge is 0.150 e. The van der Waals surface area contributed by atoms with Gasteiger partial charge in [-0.05, 0) is 55.0 Å². The lowest BCUT2D eigenvalue weighted by molar-refractivity contribution is 0.619. The van der Waals surface area contributed by atoms with E-state index >= 15 is 0 Å². The average Bonchev–Trinajstić information content (AvgIpc) is 3.35. The zero-order valence-electron chi connectivity index (χ0n) is 21.4. The molecule has 0 unspecified atom stereocenters. The summed E-state index contributed by atoms with van der Waals surface area (Å²) in [6, 6.07) is 26.9. The third kappa shape index (κ3) is 4.59.